The molecule has 2 amide bonds. The van der Waals surface area contributed by atoms with Crippen LogP contribution < -0.4 is 10.6 Å². The van der Waals surface area contributed by atoms with E-state index in [9.17, 15) is 24.6 Å². The number of aliphatic hydroxyl groups is 2. The molecule has 0 bridgehead atoms. The number of hydrogen-bond acceptors (Lipinski definition) is 8. The lowest BCUT2D eigenvalue weighted by Crippen LogP contribution is -2.51. The number of pyridine rings is 2. The SMILES string of the molecule is O=C(N[C@@H](CCCCN(Cc1ccccn1)Cc1ccccn1)C(=O)O)N[C@@H](CCC(O)O)C(=O)O. The van der Waals surface area contributed by atoms with Gasteiger partial charge in [0, 0.05) is 31.9 Å². The Balaban J connectivity index is 1.87. The van der Waals surface area contributed by atoms with Crippen LogP contribution in [0.2, 0.25) is 0 Å². The third-order valence-corrected chi connectivity index (χ3v) is 5.36. The Bertz CT molecular complexity index is 905. The summed E-state index contributed by atoms with van der Waals surface area (Å²) in [5, 5.41) is 40.9. The van der Waals surface area contributed by atoms with Crippen LogP contribution in [0.3, 0.4) is 0 Å². The monoisotopic (exact) mass is 503 g/mol. The minimum Gasteiger partial charge on any atom is -0.480 e. The van der Waals surface area contributed by atoms with Crippen molar-refractivity contribution in [1.29, 1.82) is 0 Å². The lowest BCUT2D eigenvalue weighted by atomic mass is 10.1. The fourth-order valence-corrected chi connectivity index (χ4v) is 3.53. The van der Waals surface area contributed by atoms with E-state index in [1.54, 1.807) is 12.4 Å². The van der Waals surface area contributed by atoms with E-state index >= 15 is 0 Å². The molecule has 2 heterocycles. The Hall–Kier alpha value is -3.61. The average Bonchev–Trinajstić information content (AvgIpc) is 2.84. The van der Waals surface area contributed by atoms with Gasteiger partial charge < -0.3 is 31.1 Å². The van der Waals surface area contributed by atoms with E-state index in [1.807, 2.05) is 36.4 Å². The number of nitrogens with one attached hydrogen (secondary N) is 2. The number of unbranched alkanes of at least 4 members (excludes halogenated alkanes) is 1. The number of carboxylic acids is 2. The van der Waals surface area contributed by atoms with Crippen LogP contribution in [0, 0.1) is 0 Å². The van der Waals surface area contributed by atoms with Crippen molar-refractivity contribution in [3.8, 4) is 0 Å². The second-order valence-corrected chi connectivity index (χ2v) is 8.31. The summed E-state index contributed by atoms with van der Waals surface area (Å²) in [6, 6.07) is 7.84. The van der Waals surface area contributed by atoms with Gasteiger partial charge in [-0.25, -0.2) is 14.4 Å². The standard InChI is InChI=1S/C24H33N5O7/c30-21(31)11-10-20(23(34)35)28-24(36)27-19(22(32)33)9-3-6-14-29(15-17-7-1-4-12-25-17)16-18-8-2-5-13-26-18/h1-2,4-5,7-8,12-13,19-21,30-31H,3,6,9-11,14-16H2,(H,32,33)(H,34,35)(H2,27,28,36)/t19-,20-/m0/s1. The van der Waals surface area contributed by atoms with Gasteiger partial charge in [-0.2, -0.15) is 0 Å². The summed E-state index contributed by atoms with van der Waals surface area (Å²) in [7, 11) is 0. The van der Waals surface area contributed by atoms with Crippen molar-refractivity contribution < 1.29 is 34.8 Å². The van der Waals surface area contributed by atoms with E-state index < -0.39 is 36.3 Å². The predicted octanol–water partition coefficient (Wildman–Crippen LogP) is 0.946. The zero-order chi connectivity index (χ0) is 26.3. The van der Waals surface area contributed by atoms with Crippen molar-refractivity contribution in [2.45, 2.75) is 63.6 Å². The predicted molar refractivity (Wildman–Crippen MR) is 128 cm³/mol. The van der Waals surface area contributed by atoms with Gasteiger partial charge >= 0.3 is 18.0 Å². The highest BCUT2D eigenvalue weighted by Crippen LogP contribution is 2.10. The summed E-state index contributed by atoms with van der Waals surface area (Å²) in [5.41, 5.74) is 1.80. The molecule has 0 aliphatic carbocycles. The Morgan fingerprint density at radius 2 is 1.31 bits per heavy atom. The zero-order valence-corrected chi connectivity index (χ0v) is 19.9. The highest BCUT2D eigenvalue weighted by atomic mass is 16.5. The zero-order valence-electron chi connectivity index (χ0n) is 19.9. The first-order valence-electron chi connectivity index (χ1n) is 11.7. The molecule has 2 aromatic rings. The quantitative estimate of drug-likeness (QED) is 0.142. The van der Waals surface area contributed by atoms with E-state index in [2.05, 4.69) is 25.5 Å². The summed E-state index contributed by atoms with van der Waals surface area (Å²) in [5.74, 6) is -2.60. The van der Waals surface area contributed by atoms with Crippen LogP contribution in [0.4, 0.5) is 4.79 Å². The number of rotatable bonds is 16. The number of urea groups is 1. The first-order valence-corrected chi connectivity index (χ1v) is 11.7. The van der Waals surface area contributed by atoms with Crippen molar-refractivity contribution in [3.63, 3.8) is 0 Å². The van der Waals surface area contributed by atoms with Crippen LogP contribution in [0.25, 0.3) is 0 Å². The number of aromatic nitrogens is 2. The van der Waals surface area contributed by atoms with Crippen LogP contribution >= 0.6 is 0 Å². The Morgan fingerprint density at radius 1 is 0.778 bits per heavy atom. The molecule has 0 aliphatic rings. The number of aliphatic carboxylic acids is 2. The lowest BCUT2D eigenvalue weighted by Gasteiger charge is -2.22. The molecule has 36 heavy (non-hydrogen) atoms. The fourth-order valence-electron chi connectivity index (χ4n) is 3.53. The molecule has 196 valence electrons. The summed E-state index contributed by atoms with van der Waals surface area (Å²) in [6.07, 6.45) is 2.56. The second kappa shape index (κ2) is 15.4. The van der Waals surface area contributed by atoms with E-state index in [-0.39, 0.29) is 19.3 Å². The van der Waals surface area contributed by atoms with Crippen LogP contribution in [-0.4, -0.2) is 78.2 Å². The minimum absolute atomic E-state index is 0.150. The summed E-state index contributed by atoms with van der Waals surface area (Å²) in [6.45, 7) is 1.84. The van der Waals surface area contributed by atoms with Gasteiger partial charge in [-0.15, -0.1) is 0 Å². The van der Waals surface area contributed by atoms with Crippen molar-refractivity contribution >= 4 is 18.0 Å². The highest BCUT2D eigenvalue weighted by molar-refractivity contribution is 5.86. The van der Waals surface area contributed by atoms with Crippen molar-refractivity contribution in [2.24, 2.45) is 0 Å². The molecule has 0 fully saturated rings. The number of aliphatic hydroxyl groups excluding tert-OH is 1. The normalized spacial score (nSPS) is 12.8. The van der Waals surface area contributed by atoms with E-state index in [4.69, 9.17) is 10.2 Å². The van der Waals surface area contributed by atoms with Crippen molar-refractivity contribution in [2.75, 3.05) is 6.54 Å². The van der Waals surface area contributed by atoms with Gasteiger partial charge in [-0.1, -0.05) is 12.1 Å². The molecule has 0 aromatic carbocycles. The largest absolute Gasteiger partial charge is 0.480 e. The molecule has 2 atom stereocenters. The average molecular weight is 504 g/mol. The summed E-state index contributed by atoms with van der Waals surface area (Å²) >= 11 is 0. The molecule has 0 saturated heterocycles. The maximum absolute atomic E-state index is 12.2. The van der Waals surface area contributed by atoms with E-state index in [0.717, 1.165) is 11.4 Å². The molecule has 0 unspecified atom stereocenters. The molecule has 2 aromatic heterocycles. The lowest BCUT2D eigenvalue weighted by molar-refractivity contribution is -0.140. The fraction of sp³-hybridized carbons (Fsp3) is 0.458. The molecule has 0 aliphatic heterocycles. The van der Waals surface area contributed by atoms with Crippen LogP contribution in [0.5, 0.6) is 0 Å². The Morgan fingerprint density at radius 3 is 1.75 bits per heavy atom. The van der Waals surface area contributed by atoms with Crippen molar-refractivity contribution in [3.05, 3.63) is 60.2 Å². The van der Waals surface area contributed by atoms with Gasteiger partial charge in [-0.3, -0.25) is 14.9 Å². The maximum atomic E-state index is 12.2. The number of carboxylic acid groups (broad SMARTS) is 2. The molecule has 2 rings (SSSR count). The maximum Gasteiger partial charge on any atom is 0.326 e. The number of hydrogen-bond donors (Lipinski definition) is 6. The summed E-state index contributed by atoms with van der Waals surface area (Å²) in [4.78, 5) is 46.0. The minimum atomic E-state index is -1.71. The Kier molecular flexibility index (Phi) is 12.2. The van der Waals surface area contributed by atoms with Gasteiger partial charge in [0.2, 0.25) is 0 Å². The van der Waals surface area contributed by atoms with E-state index in [1.165, 1.54) is 0 Å². The van der Waals surface area contributed by atoms with Gasteiger partial charge in [0.05, 0.1) is 11.4 Å². The first kappa shape index (κ1) is 28.6. The summed E-state index contributed by atoms with van der Waals surface area (Å²) < 4.78 is 0. The smallest absolute Gasteiger partial charge is 0.326 e. The molecule has 0 saturated carbocycles. The van der Waals surface area contributed by atoms with Crippen LogP contribution in [0.1, 0.15) is 43.5 Å². The highest BCUT2D eigenvalue weighted by Gasteiger charge is 2.24. The van der Waals surface area contributed by atoms with Crippen LogP contribution in [-0.2, 0) is 22.7 Å². The van der Waals surface area contributed by atoms with E-state index in [0.29, 0.717) is 32.5 Å². The molecule has 6 N–H and O–H groups in total. The first-order chi connectivity index (χ1) is 17.2. The van der Waals surface area contributed by atoms with Crippen molar-refractivity contribution in [1.82, 2.24) is 25.5 Å². The van der Waals surface area contributed by atoms with Gasteiger partial charge in [0.25, 0.3) is 0 Å². The molecule has 0 spiro atoms. The molecule has 12 nitrogen and oxygen atoms in total. The number of carbonyl (C=O) groups is 3. The van der Waals surface area contributed by atoms with Gasteiger partial charge in [-0.05, 0) is 56.5 Å². The van der Waals surface area contributed by atoms with Gasteiger partial charge in [0.15, 0.2) is 6.29 Å². The number of nitrogens with zero attached hydrogens (tertiary/aromatic N) is 3. The molecule has 0 radical (unpaired) electrons. The van der Waals surface area contributed by atoms with Crippen LogP contribution in [0.15, 0.2) is 48.8 Å². The second-order valence-electron chi connectivity index (χ2n) is 8.31. The topological polar surface area (TPSA) is 185 Å². The molecule has 12 heteroatoms. The molecular weight excluding hydrogens is 470 g/mol. The van der Waals surface area contributed by atoms with Gasteiger partial charge in [0.1, 0.15) is 12.1 Å². The Labute approximate surface area is 209 Å². The number of carbonyl (C=O) groups excluding carboxylic acids is 1. The molecular formula is C24H33N5O7. The number of amides is 2. The third kappa shape index (κ3) is 11.2. The third-order valence-electron chi connectivity index (χ3n) is 5.36.